The van der Waals surface area contributed by atoms with Crippen LogP contribution in [0.25, 0.3) is 0 Å². The van der Waals surface area contributed by atoms with E-state index in [2.05, 4.69) is 5.10 Å². The van der Waals surface area contributed by atoms with Crippen LogP contribution in [0.15, 0.2) is 6.20 Å². The van der Waals surface area contributed by atoms with Crippen molar-refractivity contribution in [1.82, 2.24) is 9.78 Å². The normalized spacial score (nSPS) is 17.0. The zero-order chi connectivity index (χ0) is 9.42. The van der Waals surface area contributed by atoms with E-state index in [9.17, 15) is 9.90 Å². The van der Waals surface area contributed by atoms with Crippen LogP contribution in [0, 0.1) is 0 Å². The predicted octanol–water partition coefficient (Wildman–Crippen LogP) is 1.52. The Labute approximate surface area is 76.2 Å². The van der Waals surface area contributed by atoms with Gasteiger partial charge in [-0.1, -0.05) is 0 Å². The Morgan fingerprint density at radius 1 is 1.69 bits per heavy atom. The van der Waals surface area contributed by atoms with Gasteiger partial charge in [0.05, 0.1) is 12.2 Å². The molecule has 0 radical (unpaired) electrons. The quantitative estimate of drug-likeness (QED) is 0.702. The van der Waals surface area contributed by atoms with Crippen LogP contribution in [-0.2, 0) is 0 Å². The average Bonchev–Trinajstić information content (AvgIpc) is 2.27. The molecular formula is C9H12N2O2. The lowest BCUT2D eigenvalue weighted by Gasteiger charge is -2.25. The maximum Gasteiger partial charge on any atom is 0.183 e. The number of carbonyl (C=O) groups excluding carboxylic acids is 1. The summed E-state index contributed by atoms with van der Waals surface area (Å²) in [6.45, 7) is 1.41. The van der Waals surface area contributed by atoms with Gasteiger partial charge in [-0.05, 0) is 19.3 Å². The van der Waals surface area contributed by atoms with Crippen molar-refractivity contribution in [3.8, 4) is 5.75 Å². The van der Waals surface area contributed by atoms with E-state index in [0.717, 1.165) is 12.8 Å². The van der Waals surface area contributed by atoms with E-state index in [4.69, 9.17) is 0 Å². The molecule has 1 aromatic heterocycles. The highest BCUT2D eigenvalue weighted by Gasteiger charge is 2.22. The first kappa shape index (κ1) is 8.29. The van der Waals surface area contributed by atoms with Gasteiger partial charge in [0, 0.05) is 6.92 Å². The minimum Gasteiger partial charge on any atom is -0.504 e. The fraction of sp³-hybridized carbons (Fsp3) is 0.556. The third-order valence-corrected chi connectivity index (χ3v) is 2.49. The molecule has 4 heteroatoms. The first-order valence-corrected chi connectivity index (χ1v) is 4.47. The molecule has 0 bridgehead atoms. The molecule has 0 aromatic carbocycles. The van der Waals surface area contributed by atoms with Crippen LogP contribution >= 0.6 is 0 Å². The average molecular weight is 180 g/mol. The highest BCUT2D eigenvalue weighted by molar-refractivity contribution is 5.94. The molecule has 13 heavy (non-hydrogen) atoms. The summed E-state index contributed by atoms with van der Waals surface area (Å²) >= 11 is 0. The standard InChI is InChI=1S/C9H12N2O2/c1-6(12)9-8(13)5-11(10-9)7-3-2-4-7/h5,7,13H,2-4H2,1H3. The number of hydrogen-bond acceptors (Lipinski definition) is 3. The number of rotatable bonds is 2. The lowest BCUT2D eigenvalue weighted by molar-refractivity contribution is 0.100. The lowest BCUT2D eigenvalue weighted by atomic mass is 9.93. The molecule has 0 amide bonds. The van der Waals surface area contributed by atoms with E-state index in [1.54, 1.807) is 10.9 Å². The van der Waals surface area contributed by atoms with E-state index in [0.29, 0.717) is 6.04 Å². The van der Waals surface area contributed by atoms with Crippen molar-refractivity contribution in [2.75, 3.05) is 0 Å². The van der Waals surface area contributed by atoms with Gasteiger partial charge >= 0.3 is 0 Å². The molecule has 4 nitrogen and oxygen atoms in total. The Morgan fingerprint density at radius 2 is 2.38 bits per heavy atom. The lowest BCUT2D eigenvalue weighted by Crippen LogP contribution is -2.17. The fourth-order valence-electron chi connectivity index (χ4n) is 1.47. The Balaban J connectivity index is 2.28. The molecule has 0 spiro atoms. The summed E-state index contributed by atoms with van der Waals surface area (Å²) in [6, 6.07) is 0.388. The van der Waals surface area contributed by atoms with Gasteiger partial charge in [0.1, 0.15) is 0 Å². The molecule has 1 fully saturated rings. The summed E-state index contributed by atoms with van der Waals surface area (Å²) in [5.74, 6) is -0.185. The second-order valence-electron chi connectivity index (χ2n) is 3.48. The van der Waals surface area contributed by atoms with Crippen LogP contribution in [0.2, 0.25) is 0 Å². The van der Waals surface area contributed by atoms with E-state index in [-0.39, 0.29) is 17.2 Å². The number of hydrogen-bond donors (Lipinski definition) is 1. The van der Waals surface area contributed by atoms with E-state index in [1.165, 1.54) is 13.3 Å². The molecule has 0 atom stereocenters. The molecule has 70 valence electrons. The Bertz CT molecular complexity index is 339. The second kappa shape index (κ2) is 2.87. The van der Waals surface area contributed by atoms with E-state index >= 15 is 0 Å². The van der Waals surface area contributed by atoms with Crippen LogP contribution in [0.1, 0.15) is 42.7 Å². The predicted molar refractivity (Wildman–Crippen MR) is 46.8 cm³/mol. The van der Waals surface area contributed by atoms with Crippen molar-refractivity contribution in [3.63, 3.8) is 0 Å². The topological polar surface area (TPSA) is 55.1 Å². The zero-order valence-corrected chi connectivity index (χ0v) is 7.53. The minimum absolute atomic E-state index is 0.000556. The molecule has 0 aliphatic heterocycles. The van der Waals surface area contributed by atoms with Crippen LogP contribution in [0.4, 0.5) is 0 Å². The first-order chi connectivity index (χ1) is 6.18. The van der Waals surface area contributed by atoms with Gasteiger partial charge in [0.15, 0.2) is 17.2 Å². The third kappa shape index (κ3) is 1.32. The van der Waals surface area contributed by atoms with Gasteiger partial charge < -0.3 is 5.11 Å². The minimum atomic E-state index is -0.185. The van der Waals surface area contributed by atoms with Crippen LogP contribution in [0.5, 0.6) is 5.75 Å². The van der Waals surface area contributed by atoms with Gasteiger partial charge in [-0.25, -0.2) is 0 Å². The van der Waals surface area contributed by atoms with Gasteiger partial charge in [-0.2, -0.15) is 5.10 Å². The first-order valence-electron chi connectivity index (χ1n) is 4.47. The van der Waals surface area contributed by atoms with Gasteiger partial charge in [-0.15, -0.1) is 0 Å². The molecule has 1 N–H and O–H groups in total. The smallest absolute Gasteiger partial charge is 0.183 e. The highest BCUT2D eigenvalue weighted by atomic mass is 16.3. The Morgan fingerprint density at radius 3 is 2.77 bits per heavy atom. The summed E-state index contributed by atoms with van der Waals surface area (Å²) < 4.78 is 1.70. The van der Waals surface area contributed by atoms with Crippen molar-refractivity contribution in [3.05, 3.63) is 11.9 Å². The van der Waals surface area contributed by atoms with Crippen LogP contribution in [0.3, 0.4) is 0 Å². The number of Topliss-reactive ketones (excluding diaryl/α,β-unsaturated/α-hetero) is 1. The van der Waals surface area contributed by atoms with Crippen molar-refractivity contribution < 1.29 is 9.90 Å². The molecule has 1 aliphatic rings. The summed E-state index contributed by atoms with van der Waals surface area (Å²) in [5.41, 5.74) is 0.187. The van der Waals surface area contributed by atoms with Crippen molar-refractivity contribution in [2.45, 2.75) is 32.2 Å². The SMILES string of the molecule is CC(=O)c1nn(C2CCC2)cc1O. The number of aromatic nitrogens is 2. The van der Waals surface area contributed by atoms with Crippen molar-refractivity contribution in [2.24, 2.45) is 0 Å². The van der Waals surface area contributed by atoms with E-state index < -0.39 is 0 Å². The van der Waals surface area contributed by atoms with Gasteiger partial charge in [-0.3, -0.25) is 9.48 Å². The summed E-state index contributed by atoms with van der Waals surface area (Å²) in [4.78, 5) is 11.0. The zero-order valence-electron chi connectivity index (χ0n) is 7.53. The van der Waals surface area contributed by atoms with Crippen molar-refractivity contribution >= 4 is 5.78 Å². The van der Waals surface area contributed by atoms with Crippen LogP contribution < -0.4 is 0 Å². The summed E-state index contributed by atoms with van der Waals surface area (Å²) in [6.07, 6.45) is 4.94. The Hall–Kier alpha value is -1.32. The molecule has 0 saturated heterocycles. The van der Waals surface area contributed by atoms with Crippen LogP contribution in [-0.4, -0.2) is 20.7 Å². The largest absolute Gasteiger partial charge is 0.504 e. The second-order valence-corrected chi connectivity index (χ2v) is 3.48. The maximum absolute atomic E-state index is 11.0. The van der Waals surface area contributed by atoms with E-state index in [1.807, 2.05) is 0 Å². The molecule has 1 aliphatic carbocycles. The van der Waals surface area contributed by atoms with Gasteiger partial charge in [0.25, 0.3) is 0 Å². The molecule has 1 aromatic rings. The third-order valence-electron chi connectivity index (χ3n) is 2.49. The maximum atomic E-state index is 11.0. The van der Waals surface area contributed by atoms with Gasteiger partial charge in [0.2, 0.25) is 0 Å². The monoisotopic (exact) mass is 180 g/mol. The fourth-order valence-corrected chi connectivity index (χ4v) is 1.47. The summed E-state index contributed by atoms with van der Waals surface area (Å²) in [5, 5.41) is 13.4. The Kier molecular flexibility index (Phi) is 1.83. The number of nitrogens with zero attached hydrogens (tertiary/aromatic N) is 2. The molecule has 1 heterocycles. The highest BCUT2D eigenvalue weighted by Crippen LogP contribution is 2.32. The molecule has 0 unspecified atom stereocenters. The van der Waals surface area contributed by atoms with Crippen molar-refractivity contribution in [1.29, 1.82) is 0 Å². The molecule has 2 rings (SSSR count). The number of aromatic hydroxyl groups is 1. The molecular weight excluding hydrogens is 168 g/mol. The summed E-state index contributed by atoms with van der Waals surface area (Å²) in [7, 11) is 0. The molecule has 1 saturated carbocycles. The number of ketones is 1. The number of carbonyl (C=O) groups is 1.